The summed E-state index contributed by atoms with van der Waals surface area (Å²) in [4.78, 5) is 0.208. The highest BCUT2D eigenvalue weighted by Crippen LogP contribution is 2.28. The molecule has 0 aliphatic carbocycles. The van der Waals surface area contributed by atoms with Crippen LogP contribution >= 0.6 is 15.9 Å². The zero-order chi connectivity index (χ0) is 14.6. The molecule has 0 spiro atoms. The average molecular weight is 351 g/mol. The standard InChI is InChI=1S/C12H19BrN2O3S/c1-3-15(5-4-6-16)19(17,18)12-8-10(13)7-11(14)9(12)2/h7-8,16H,3-6,14H2,1-2H3. The summed E-state index contributed by atoms with van der Waals surface area (Å²) in [6.07, 6.45) is 0.412. The Labute approximate surface area is 122 Å². The minimum atomic E-state index is -3.59. The molecule has 0 fully saturated rings. The Balaban J connectivity index is 3.25. The maximum absolute atomic E-state index is 12.6. The molecule has 108 valence electrons. The molecule has 0 saturated heterocycles. The molecular formula is C12H19BrN2O3S. The number of aliphatic hydroxyl groups is 1. The summed E-state index contributed by atoms with van der Waals surface area (Å²) in [6, 6.07) is 3.24. The predicted octanol–water partition coefficient (Wildman–Crippen LogP) is 1.73. The second kappa shape index (κ2) is 6.69. The minimum Gasteiger partial charge on any atom is -0.398 e. The van der Waals surface area contributed by atoms with Crippen molar-refractivity contribution in [3.8, 4) is 0 Å². The van der Waals surface area contributed by atoms with Crippen molar-refractivity contribution in [3.05, 3.63) is 22.2 Å². The minimum absolute atomic E-state index is 0.0361. The van der Waals surface area contributed by atoms with Gasteiger partial charge in [0, 0.05) is 29.9 Å². The molecule has 0 bridgehead atoms. The number of aliphatic hydroxyl groups excluding tert-OH is 1. The van der Waals surface area contributed by atoms with Crippen molar-refractivity contribution >= 4 is 31.6 Å². The second-order valence-corrected chi connectivity index (χ2v) is 7.01. The quantitative estimate of drug-likeness (QED) is 0.765. The van der Waals surface area contributed by atoms with Crippen molar-refractivity contribution in [2.75, 3.05) is 25.4 Å². The van der Waals surface area contributed by atoms with Gasteiger partial charge in [-0.05, 0) is 31.0 Å². The summed E-state index contributed by atoms with van der Waals surface area (Å²) in [7, 11) is -3.59. The van der Waals surface area contributed by atoms with E-state index in [2.05, 4.69) is 15.9 Å². The number of benzene rings is 1. The zero-order valence-electron chi connectivity index (χ0n) is 11.1. The summed E-state index contributed by atoms with van der Waals surface area (Å²) < 4.78 is 27.1. The van der Waals surface area contributed by atoms with Gasteiger partial charge in [-0.3, -0.25) is 0 Å². The van der Waals surface area contributed by atoms with E-state index in [0.29, 0.717) is 35.2 Å². The van der Waals surface area contributed by atoms with Gasteiger partial charge in [0.2, 0.25) is 10.0 Å². The van der Waals surface area contributed by atoms with Gasteiger partial charge in [-0.15, -0.1) is 0 Å². The van der Waals surface area contributed by atoms with Gasteiger partial charge in [-0.2, -0.15) is 4.31 Å². The van der Waals surface area contributed by atoms with E-state index in [0.717, 1.165) is 0 Å². The Morgan fingerprint density at radius 3 is 2.58 bits per heavy atom. The van der Waals surface area contributed by atoms with Crippen LogP contribution in [0.15, 0.2) is 21.5 Å². The maximum atomic E-state index is 12.6. The van der Waals surface area contributed by atoms with Crippen LogP contribution in [0.1, 0.15) is 18.9 Å². The maximum Gasteiger partial charge on any atom is 0.243 e. The lowest BCUT2D eigenvalue weighted by Gasteiger charge is -2.22. The van der Waals surface area contributed by atoms with Crippen LogP contribution in [0.5, 0.6) is 0 Å². The number of halogens is 1. The molecule has 0 atom stereocenters. The van der Waals surface area contributed by atoms with Gasteiger partial charge in [-0.25, -0.2) is 8.42 Å². The first-order valence-electron chi connectivity index (χ1n) is 6.01. The van der Waals surface area contributed by atoms with Crippen molar-refractivity contribution in [2.45, 2.75) is 25.2 Å². The summed E-state index contributed by atoms with van der Waals surface area (Å²) in [6.45, 7) is 4.07. The molecule has 0 unspecified atom stereocenters. The average Bonchev–Trinajstić information content (AvgIpc) is 2.34. The van der Waals surface area contributed by atoms with Crippen LogP contribution in [0, 0.1) is 6.92 Å². The van der Waals surface area contributed by atoms with Gasteiger partial charge < -0.3 is 10.8 Å². The fraction of sp³-hybridized carbons (Fsp3) is 0.500. The van der Waals surface area contributed by atoms with Crippen molar-refractivity contribution < 1.29 is 13.5 Å². The van der Waals surface area contributed by atoms with Crippen molar-refractivity contribution in [1.29, 1.82) is 0 Å². The normalized spacial score (nSPS) is 12.1. The number of nitrogen functional groups attached to an aromatic ring is 1. The molecule has 0 saturated carbocycles. The largest absolute Gasteiger partial charge is 0.398 e. The lowest BCUT2D eigenvalue weighted by Crippen LogP contribution is -2.32. The number of anilines is 1. The molecule has 0 aliphatic rings. The van der Waals surface area contributed by atoms with E-state index in [1.54, 1.807) is 26.0 Å². The highest BCUT2D eigenvalue weighted by molar-refractivity contribution is 9.10. The smallest absolute Gasteiger partial charge is 0.243 e. The van der Waals surface area contributed by atoms with Gasteiger partial charge in [0.25, 0.3) is 0 Å². The molecule has 0 aliphatic heterocycles. The monoisotopic (exact) mass is 350 g/mol. The summed E-state index contributed by atoms with van der Waals surface area (Å²) in [5.41, 5.74) is 6.79. The zero-order valence-corrected chi connectivity index (χ0v) is 13.5. The fourth-order valence-electron chi connectivity index (χ4n) is 1.78. The number of sulfonamides is 1. The molecule has 19 heavy (non-hydrogen) atoms. The Morgan fingerprint density at radius 1 is 1.42 bits per heavy atom. The van der Waals surface area contributed by atoms with Crippen molar-refractivity contribution in [1.82, 2.24) is 4.31 Å². The first-order valence-corrected chi connectivity index (χ1v) is 8.24. The van der Waals surface area contributed by atoms with Crippen LogP contribution in [0.2, 0.25) is 0 Å². The van der Waals surface area contributed by atoms with Crippen molar-refractivity contribution in [2.24, 2.45) is 0 Å². The van der Waals surface area contributed by atoms with E-state index in [4.69, 9.17) is 10.8 Å². The number of nitrogens with zero attached hydrogens (tertiary/aromatic N) is 1. The number of rotatable bonds is 6. The van der Waals surface area contributed by atoms with Crippen molar-refractivity contribution in [3.63, 3.8) is 0 Å². The Morgan fingerprint density at radius 2 is 2.05 bits per heavy atom. The highest BCUT2D eigenvalue weighted by Gasteiger charge is 2.25. The molecule has 3 N–H and O–H groups in total. The highest BCUT2D eigenvalue weighted by atomic mass is 79.9. The van der Waals surface area contributed by atoms with Crippen LogP contribution in [-0.4, -0.2) is 37.5 Å². The van der Waals surface area contributed by atoms with E-state index in [1.807, 2.05) is 0 Å². The Hall–Kier alpha value is -0.630. The lowest BCUT2D eigenvalue weighted by atomic mass is 10.2. The van der Waals surface area contributed by atoms with E-state index in [9.17, 15) is 8.42 Å². The number of nitrogens with two attached hydrogens (primary N) is 1. The summed E-state index contributed by atoms with van der Waals surface area (Å²) >= 11 is 3.26. The van der Waals surface area contributed by atoms with Crippen LogP contribution in [-0.2, 0) is 10.0 Å². The molecule has 0 radical (unpaired) electrons. The van der Waals surface area contributed by atoms with Crippen LogP contribution in [0.3, 0.4) is 0 Å². The SMILES string of the molecule is CCN(CCCO)S(=O)(=O)c1cc(Br)cc(N)c1C. The molecule has 0 aromatic heterocycles. The number of hydrogen-bond donors (Lipinski definition) is 2. The number of hydrogen-bond acceptors (Lipinski definition) is 4. The molecule has 1 rings (SSSR count). The third-order valence-corrected chi connectivity index (χ3v) is 5.46. The Kier molecular flexibility index (Phi) is 5.79. The van der Waals surface area contributed by atoms with Gasteiger partial charge in [0.1, 0.15) is 0 Å². The fourth-order valence-corrected chi connectivity index (χ4v) is 4.17. The summed E-state index contributed by atoms with van der Waals surface area (Å²) in [5.74, 6) is 0. The van der Waals surface area contributed by atoms with E-state index >= 15 is 0 Å². The van der Waals surface area contributed by atoms with Gasteiger partial charge >= 0.3 is 0 Å². The molecule has 7 heteroatoms. The first kappa shape index (κ1) is 16.4. The third kappa shape index (κ3) is 3.68. The molecule has 5 nitrogen and oxygen atoms in total. The van der Waals surface area contributed by atoms with E-state index in [1.165, 1.54) is 4.31 Å². The van der Waals surface area contributed by atoms with Crippen LogP contribution in [0.25, 0.3) is 0 Å². The summed E-state index contributed by atoms with van der Waals surface area (Å²) in [5, 5.41) is 8.84. The van der Waals surface area contributed by atoms with Gasteiger partial charge in [0.15, 0.2) is 0 Å². The lowest BCUT2D eigenvalue weighted by molar-refractivity contribution is 0.271. The van der Waals surface area contributed by atoms with Crippen LogP contribution < -0.4 is 5.73 Å². The second-order valence-electron chi connectivity index (χ2n) is 4.19. The van der Waals surface area contributed by atoms with E-state index in [-0.39, 0.29) is 11.5 Å². The molecule has 0 amide bonds. The van der Waals surface area contributed by atoms with Gasteiger partial charge in [0.05, 0.1) is 4.90 Å². The third-order valence-electron chi connectivity index (χ3n) is 2.90. The topological polar surface area (TPSA) is 83.6 Å². The molecule has 0 heterocycles. The van der Waals surface area contributed by atoms with E-state index < -0.39 is 10.0 Å². The Bertz CT molecular complexity index is 546. The molecule has 1 aromatic carbocycles. The first-order chi connectivity index (χ1) is 8.84. The van der Waals surface area contributed by atoms with Crippen LogP contribution in [0.4, 0.5) is 5.69 Å². The predicted molar refractivity (Wildman–Crippen MR) is 79.4 cm³/mol. The van der Waals surface area contributed by atoms with Gasteiger partial charge in [-0.1, -0.05) is 22.9 Å². The molecular weight excluding hydrogens is 332 g/mol. The molecule has 1 aromatic rings.